The lowest BCUT2D eigenvalue weighted by atomic mass is 10.1. The molecule has 4 aromatic rings. The standard InChI is InChI=1S/C21H31N7O.C7H6O4/c1-7-17(15(6)29)25-21-26-19(18-20(27-21)28(11-24-18)12(2)3)23-10-16-9-22-14(5)8-13(16)4;8-4-1-2-6(9)5(3-4)7(10)11/h8-9,11-12,15,17,29H,7,10H2,1-6H3,(H2,23,25,26,27);1-3,8-9H,(H,10,11)/t15-,17+;/m1./s1. The summed E-state index contributed by atoms with van der Waals surface area (Å²) in [5.41, 5.74) is 4.48. The number of aromatic carboxylic acids is 1. The molecule has 3 heterocycles. The van der Waals surface area contributed by atoms with Gasteiger partial charge in [-0.1, -0.05) is 6.92 Å². The Balaban J connectivity index is 0.000000336. The number of aromatic nitrogens is 5. The molecule has 0 amide bonds. The van der Waals surface area contributed by atoms with E-state index in [-0.39, 0.29) is 29.1 Å². The predicted octanol–water partition coefficient (Wildman–Crippen LogP) is 4.40. The van der Waals surface area contributed by atoms with Crippen molar-refractivity contribution in [3.05, 3.63) is 59.2 Å². The summed E-state index contributed by atoms with van der Waals surface area (Å²) in [6.07, 6.45) is 3.94. The van der Waals surface area contributed by atoms with E-state index in [1.807, 2.05) is 24.6 Å². The number of nitrogens with zero attached hydrogens (tertiary/aromatic N) is 5. The summed E-state index contributed by atoms with van der Waals surface area (Å²) >= 11 is 0. The first-order valence-electron chi connectivity index (χ1n) is 13.0. The van der Waals surface area contributed by atoms with E-state index in [1.165, 1.54) is 11.6 Å². The minimum absolute atomic E-state index is 0.126. The van der Waals surface area contributed by atoms with Crippen LogP contribution in [-0.4, -0.2) is 63.0 Å². The van der Waals surface area contributed by atoms with Crippen LogP contribution in [-0.2, 0) is 6.54 Å². The Hall–Kier alpha value is -4.45. The van der Waals surface area contributed by atoms with Crippen molar-refractivity contribution < 1.29 is 25.2 Å². The quantitative estimate of drug-likeness (QED) is 0.162. The average molecular weight is 552 g/mol. The first-order chi connectivity index (χ1) is 18.9. The van der Waals surface area contributed by atoms with E-state index < -0.39 is 12.1 Å². The van der Waals surface area contributed by atoms with Crippen LogP contribution in [0.25, 0.3) is 11.2 Å². The highest BCUT2D eigenvalue weighted by molar-refractivity contribution is 5.91. The van der Waals surface area contributed by atoms with Gasteiger partial charge in [0.15, 0.2) is 17.0 Å². The van der Waals surface area contributed by atoms with E-state index >= 15 is 0 Å². The largest absolute Gasteiger partial charge is 0.508 e. The number of benzene rings is 1. The number of fused-ring (bicyclic) bond motifs is 1. The number of pyridine rings is 1. The molecule has 6 N–H and O–H groups in total. The van der Waals surface area contributed by atoms with Crippen molar-refractivity contribution in [3.8, 4) is 11.5 Å². The fraction of sp³-hybridized carbons (Fsp3) is 0.393. The topological polar surface area (TPSA) is 179 Å². The summed E-state index contributed by atoms with van der Waals surface area (Å²) in [5, 5.41) is 42.8. The van der Waals surface area contributed by atoms with Crippen LogP contribution in [0.3, 0.4) is 0 Å². The maximum Gasteiger partial charge on any atom is 0.339 e. The summed E-state index contributed by atoms with van der Waals surface area (Å²) in [7, 11) is 0. The van der Waals surface area contributed by atoms with Gasteiger partial charge >= 0.3 is 5.97 Å². The molecule has 214 valence electrons. The Morgan fingerprint density at radius 3 is 2.38 bits per heavy atom. The molecule has 0 unspecified atom stereocenters. The van der Waals surface area contributed by atoms with Gasteiger partial charge in [-0.05, 0) is 76.4 Å². The number of nitrogens with one attached hydrogen (secondary N) is 2. The number of anilines is 2. The molecule has 12 heteroatoms. The minimum atomic E-state index is -1.27. The van der Waals surface area contributed by atoms with Crippen LogP contribution >= 0.6 is 0 Å². The number of aryl methyl sites for hydroxylation is 2. The van der Waals surface area contributed by atoms with Gasteiger partial charge in [-0.3, -0.25) is 4.98 Å². The second kappa shape index (κ2) is 13.1. The number of carboxylic acid groups (broad SMARTS) is 1. The van der Waals surface area contributed by atoms with Gasteiger partial charge in [-0.25, -0.2) is 9.78 Å². The number of hydrogen-bond donors (Lipinski definition) is 6. The van der Waals surface area contributed by atoms with Gasteiger partial charge in [0.25, 0.3) is 0 Å². The molecule has 1 aromatic carbocycles. The fourth-order valence-corrected chi connectivity index (χ4v) is 4.00. The zero-order chi connectivity index (χ0) is 29.6. The maximum absolute atomic E-state index is 10.3. The second-order valence-electron chi connectivity index (χ2n) is 9.83. The Morgan fingerprint density at radius 1 is 1.07 bits per heavy atom. The van der Waals surface area contributed by atoms with Crippen LogP contribution in [0.15, 0.2) is 36.8 Å². The van der Waals surface area contributed by atoms with Gasteiger partial charge in [-0.2, -0.15) is 9.97 Å². The number of aliphatic hydroxyl groups is 1. The second-order valence-corrected chi connectivity index (χ2v) is 9.83. The molecule has 40 heavy (non-hydrogen) atoms. The third-order valence-electron chi connectivity index (χ3n) is 6.33. The first kappa shape index (κ1) is 30.1. The van der Waals surface area contributed by atoms with Crippen LogP contribution in [0.5, 0.6) is 11.5 Å². The zero-order valence-electron chi connectivity index (χ0n) is 23.5. The first-order valence-corrected chi connectivity index (χ1v) is 13.0. The van der Waals surface area contributed by atoms with Gasteiger partial charge in [0.1, 0.15) is 17.1 Å². The molecule has 0 fully saturated rings. The molecule has 2 atom stereocenters. The highest BCUT2D eigenvalue weighted by atomic mass is 16.4. The number of carbonyl (C=O) groups is 1. The lowest BCUT2D eigenvalue weighted by molar-refractivity contribution is 0.0693. The molecule has 0 spiro atoms. The van der Waals surface area contributed by atoms with Crippen LogP contribution in [0.4, 0.5) is 11.8 Å². The lowest BCUT2D eigenvalue weighted by Crippen LogP contribution is -2.31. The predicted molar refractivity (Wildman–Crippen MR) is 153 cm³/mol. The molecule has 4 rings (SSSR count). The molecule has 12 nitrogen and oxygen atoms in total. The van der Waals surface area contributed by atoms with E-state index in [1.54, 1.807) is 13.3 Å². The van der Waals surface area contributed by atoms with Crippen LogP contribution < -0.4 is 10.6 Å². The van der Waals surface area contributed by atoms with Crippen molar-refractivity contribution in [2.45, 2.75) is 72.7 Å². The lowest BCUT2D eigenvalue weighted by Gasteiger charge is -2.20. The van der Waals surface area contributed by atoms with Crippen molar-refractivity contribution in [1.29, 1.82) is 0 Å². The molecule has 0 bridgehead atoms. The molecule has 3 aromatic heterocycles. The third-order valence-corrected chi connectivity index (χ3v) is 6.33. The number of hydrogen-bond acceptors (Lipinski definition) is 10. The van der Waals surface area contributed by atoms with Crippen LogP contribution in [0.2, 0.25) is 0 Å². The molecular formula is C28H37N7O5. The Kier molecular flexibility index (Phi) is 9.83. The third kappa shape index (κ3) is 7.35. The van der Waals surface area contributed by atoms with E-state index in [9.17, 15) is 9.90 Å². The Morgan fingerprint density at radius 2 is 1.80 bits per heavy atom. The zero-order valence-corrected chi connectivity index (χ0v) is 23.5. The van der Waals surface area contributed by atoms with E-state index in [2.05, 4.69) is 57.4 Å². The molecule has 0 aliphatic heterocycles. The normalized spacial score (nSPS) is 12.5. The number of aliphatic hydroxyl groups excluding tert-OH is 1. The average Bonchev–Trinajstić information content (AvgIpc) is 3.32. The molecule has 0 aliphatic rings. The highest BCUT2D eigenvalue weighted by Gasteiger charge is 2.19. The Labute approximate surface area is 232 Å². The smallest absolute Gasteiger partial charge is 0.339 e. The SMILES string of the molecule is CC[C@H](Nc1nc(NCc2cnc(C)cc2C)c2ncn(C(C)C)c2n1)[C@@H](C)O.O=C(O)c1cc(O)ccc1O. The highest BCUT2D eigenvalue weighted by Crippen LogP contribution is 2.25. The van der Waals surface area contributed by atoms with Crippen molar-refractivity contribution >= 4 is 28.9 Å². The number of carboxylic acids is 1. The monoisotopic (exact) mass is 551 g/mol. The van der Waals surface area contributed by atoms with Gasteiger partial charge in [0.05, 0.1) is 18.5 Å². The summed E-state index contributed by atoms with van der Waals surface area (Å²) in [4.78, 5) is 28.6. The molecular weight excluding hydrogens is 514 g/mol. The summed E-state index contributed by atoms with van der Waals surface area (Å²) < 4.78 is 2.02. The van der Waals surface area contributed by atoms with Gasteiger partial charge in [-0.15, -0.1) is 0 Å². The van der Waals surface area contributed by atoms with Crippen molar-refractivity contribution in [1.82, 2.24) is 24.5 Å². The molecule has 0 saturated carbocycles. The summed E-state index contributed by atoms with van der Waals surface area (Å²) in [5.74, 6) is -0.653. The van der Waals surface area contributed by atoms with Crippen molar-refractivity contribution in [2.24, 2.45) is 0 Å². The van der Waals surface area contributed by atoms with E-state index in [0.29, 0.717) is 18.3 Å². The maximum atomic E-state index is 10.3. The Bertz CT molecular complexity index is 1470. The van der Waals surface area contributed by atoms with Gasteiger partial charge < -0.3 is 35.6 Å². The van der Waals surface area contributed by atoms with Crippen molar-refractivity contribution in [3.63, 3.8) is 0 Å². The fourth-order valence-electron chi connectivity index (χ4n) is 4.00. The minimum Gasteiger partial charge on any atom is -0.508 e. The van der Waals surface area contributed by atoms with Crippen molar-refractivity contribution in [2.75, 3.05) is 10.6 Å². The van der Waals surface area contributed by atoms with Gasteiger partial charge in [0, 0.05) is 24.5 Å². The number of imidazole rings is 1. The van der Waals surface area contributed by atoms with E-state index in [0.717, 1.165) is 41.0 Å². The number of aromatic hydroxyl groups is 2. The number of rotatable bonds is 9. The van der Waals surface area contributed by atoms with E-state index in [4.69, 9.17) is 15.3 Å². The molecule has 0 saturated heterocycles. The summed E-state index contributed by atoms with van der Waals surface area (Å²) in [6.45, 7) is 12.6. The van der Waals surface area contributed by atoms with Crippen LogP contribution in [0.1, 0.15) is 67.3 Å². The summed E-state index contributed by atoms with van der Waals surface area (Å²) in [6, 6.07) is 5.48. The van der Waals surface area contributed by atoms with Crippen LogP contribution in [0, 0.1) is 13.8 Å². The molecule has 0 radical (unpaired) electrons. The van der Waals surface area contributed by atoms with Gasteiger partial charge in [0.2, 0.25) is 5.95 Å². The molecule has 0 aliphatic carbocycles. The number of phenolic OH excluding ortho intramolecular Hbond substituents is 1. The number of phenols is 2.